The van der Waals surface area contributed by atoms with Gasteiger partial charge in [0.15, 0.2) is 0 Å². The van der Waals surface area contributed by atoms with E-state index in [-0.39, 0.29) is 12.8 Å². The first-order chi connectivity index (χ1) is 5.72. The number of esters is 1. The number of nitrogens with zero attached hydrogens (tertiary/aromatic N) is 3. The molecule has 0 fully saturated rings. The number of hydrogen-bond acceptors (Lipinski definition) is 5. The molecule has 0 spiro atoms. The smallest absolute Gasteiger partial charge is 0.319 e. The third-order valence-electron chi connectivity index (χ3n) is 0.609. The van der Waals surface area contributed by atoms with Crippen LogP contribution in [0.5, 0.6) is 0 Å². The van der Waals surface area contributed by atoms with Gasteiger partial charge >= 0.3 is 5.97 Å². The lowest BCUT2D eigenvalue weighted by atomic mass is 10.5. The molecule has 0 N–H and O–H groups in total. The Hall–Kier alpha value is -2.06. The Morgan fingerprint density at radius 2 is 1.75 bits per heavy atom. The number of hydrogen-bond donors (Lipinski definition) is 0. The molecule has 0 heterocycles. The number of carbonyl (C=O) groups excluding carboxylic acids is 1. The molecule has 12 heavy (non-hydrogen) atoms. The summed E-state index contributed by atoms with van der Waals surface area (Å²) >= 11 is 0. The maximum absolute atomic E-state index is 9.97. The van der Waals surface area contributed by atoms with Crippen molar-refractivity contribution in [2.24, 2.45) is 0 Å². The highest BCUT2D eigenvalue weighted by atomic mass is 16.5. The molecule has 0 atom stereocenters. The molecular weight excluding hydrogens is 158 g/mol. The molecule has 62 valence electrons. The fourth-order valence-corrected chi connectivity index (χ4v) is 0.172. The van der Waals surface area contributed by atoms with E-state index < -0.39 is 5.97 Å². The van der Waals surface area contributed by atoms with Crippen molar-refractivity contribution in [2.75, 3.05) is 7.11 Å². The first kappa shape index (κ1) is 12.6. The molecule has 0 bridgehead atoms. The van der Waals surface area contributed by atoms with Crippen molar-refractivity contribution in [2.45, 2.75) is 12.8 Å². The summed E-state index contributed by atoms with van der Waals surface area (Å²) in [6, 6.07) is 4.96. The average Bonchev–Trinajstić information content (AvgIpc) is 2.07. The highest BCUT2D eigenvalue weighted by Gasteiger charge is 1.93. The van der Waals surface area contributed by atoms with E-state index in [9.17, 15) is 4.79 Å². The third-order valence-corrected chi connectivity index (χ3v) is 0.609. The molecule has 0 aromatic carbocycles. The van der Waals surface area contributed by atoms with Crippen LogP contribution in [0.15, 0.2) is 0 Å². The molecule has 0 aliphatic rings. The minimum Gasteiger partial charge on any atom is -0.468 e. The van der Waals surface area contributed by atoms with E-state index in [0.717, 1.165) is 0 Å². The molecule has 5 heteroatoms. The molecule has 0 aliphatic carbocycles. The van der Waals surface area contributed by atoms with Crippen molar-refractivity contribution in [3.05, 3.63) is 0 Å². The summed E-state index contributed by atoms with van der Waals surface area (Å²) in [5, 5.41) is 23.0. The summed E-state index contributed by atoms with van der Waals surface area (Å²) in [5.41, 5.74) is 0. The zero-order valence-corrected chi connectivity index (χ0v) is 6.57. The zero-order chi connectivity index (χ0) is 9.82. The molecule has 0 unspecified atom stereocenters. The first-order valence-electron chi connectivity index (χ1n) is 2.90. The first-order valence-corrected chi connectivity index (χ1v) is 2.90. The fourth-order valence-electron chi connectivity index (χ4n) is 0.172. The van der Waals surface area contributed by atoms with E-state index in [1.165, 1.54) is 7.11 Å². The van der Waals surface area contributed by atoms with Crippen LogP contribution in [0.25, 0.3) is 0 Å². The van der Waals surface area contributed by atoms with Crippen molar-refractivity contribution < 1.29 is 9.53 Å². The van der Waals surface area contributed by atoms with E-state index in [0.29, 0.717) is 0 Å². The second kappa shape index (κ2) is 11.7. The van der Waals surface area contributed by atoms with Crippen LogP contribution in [0, 0.1) is 34.0 Å². The Morgan fingerprint density at radius 3 is 1.83 bits per heavy atom. The van der Waals surface area contributed by atoms with Gasteiger partial charge in [-0.15, -0.1) is 0 Å². The molecule has 0 saturated heterocycles. The maximum atomic E-state index is 9.97. The topological polar surface area (TPSA) is 97.7 Å². The minimum atomic E-state index is -0.484. The van der Waals surface area contributed by atoms with Gasteiger partial charge in [0.25, 0.3) is 0 Å². The summed E-state index contributed by atoms with van der Waals surface area (Å²) in [6.45, 7) is 0. The van der Waals surface area contributed by atoms with E-state index >= 15 is 0 Å². The summed E-state index contributed by atoms with van der Waals surface area (Å²) in [4.78, 5) is 9.97. The van der Waals surface area contributed by atoms with Gasteiger partial charge in [-0.1, -0.05) is 0 Å². The molecule has 0 saturated carbocycles. The third kappa shape index (κ3) is 15.7. The van der Waals surface area contributed by atoms with Gasteiger partial charge < -0.3 is 4.74 Å². The maximum Gasteiger partial charge on any atom is 0.319 e. The van der Waals surface area contributed by atoms with E-state index in [4.69, 9.17) is 15.8 Å². The predicted molar refractivity (Wildman–Crippen MR) is 38.1 cm³/mol. The van der Waals surface area contributed by atoms with Crippen molar-refractivity contribution in [3.8, 4) is 18.2 Å². The van der Waals surface area contributed by atoms with Crippen LogP contribution in [0.4, 0.5) is 0 Å². The average molecular weight is 165 g/mol. The molecule has 0 rings (SSSR count). The van der Waals surface area contributed by atoms with Gasteiger partial charge in [0, 0.05) is 0 Å². The Bertz CT molecular complexity index is 229. The van der Waals surface area contributed by atoms with Crippen molar-refractivity contribution in [3.63, 3.8) is 0 Å². The molecule has 0 aromatic heterocycles. The van der Waals surface area contributed by atoms with Crippen molar-refractivity contribution >= 4 is 5.97 Å². The quantitative estimate of drug-likeness (QED) is 0.527. The normalized spacial score (nSPS) is 5.83. The van der Waals surface area contributed by atoms with Crippen molar-refractivity contribution in [1.82, 2.24) is 0 Å². The number of carbonyl (C=O) groups is 1. The van der Waals surface area contributed by atoms with E-state index in [2.05, 4.69) is 4.74 Å². The number of nitriles is 3. The van der Waals surface area contributed by atoms with Crippen LogP contribution in [0.3, 0.4) is 0 Å². The van der Waals surface area contributed by atoms with Crippen LogP contribution in [0.2, 0.25) is 0 Å². The van der Waals surface area contributed by atoms with Crippen LogP contribution < -0.4 is 0 Å². The molecule has 5 nitrogen and oxygen atoms in total. The molecule has 0 aromatic rings. The SMILES string of the molecule is COC(=O)CC#N.N#CCC#N. The zero-order valence-electron chi connectivity index (χ0n) is 6.57. The second-order valence-corrected chi connectivity index (χ2v) is 1.40. The standard InChI is InChI=1S/C4H5NO2.C3H2N2/c1-7-4(6)2-3-5;4-2-1-3-5/h2H2,1H3;1H2. The lowest BCUT2D eigenvalue weighted by Crippen LogP contribution is -1.96. The molecule has 0 aliphatic heterocycles. The van der Waals surface area contributed by atoms with Crippen molar-refractivity contribution in [1.29, 1.82) is 15.8 Å². The Labute approximate surface area is 70.4 Å². The largest absolute Gasteiger partial charge is 0.468 e. The fraction of sp³-hybridized carbons (Fsp3) is 0.429. The Kier molecular flexibility index (Phi) is 12.3. The van der Waals surface area contributed by atoms with Crippen LogP contribution in [0.1, 0.15) is 12.8 Å². The predicted octanol–water partition coefficient (Wildman–Crippen LogP) is 0.497. The Morgan fingerprint density at radius 1 is 1.25 bits per heavy atom. The van der Waals surface area contributed by atoms with Crippen LogP contribution >= 0.6 is 0 Å². The monoisotopic (exact) mass is 165 g/mol. The minimum absolute atomic E-state index is 0. The van der Waals surface area contributed by atoms with Gasteiger partial charge in [-0.25, -0.2) is 0 Å². The summed E-state index contributed by atoms with van der Waals surface area (Å²) < 4.78 is 4.13. The number of ether oxygens (including phenoxy) is 1. The molecule has 0 radical (unpaired) electrons. The lowest BCUT2D eigenvalue weighted by Gasteiger charge is -1.85. The van der Waals surface area contributed by atoms with Gasteiger partial charge in [0.05, 0.1) is 25.3 Å². The number of methoxy groups -OCH3 is 1. The van der Waals surface area contributed by atoms with Gasteiger partial charge in [-0.2, -0.15) is 15.8 Å². The second-order valence-electron chi connectivity index (χ2n) is 1.40. The van der Waals surface area contributed by atoms with Crippen LogP contribution in [-0.2, 0) is 9.53 Å². The lowest BCUT2D eigenvalue weighted by molar-refractivity contribution is -0.139. The van der Waals surface area contributed by atoms with Gasteiger partial charge in [0.1, 0.15) is 12.8 Å². The molecule has 0 amide bonds. The van der Waals surface area contributed by atoms with Gasteiger partial charge in [-0.3, -0.25) is 4.79 Å². The summed E-state index contributed by atoms with van der Waals surface area (Å²) in [6.07, 6.45) is -0.156. The highest BCUT2D eigenvalue weighted by Crippen LogP contribution is 1.76. The summed E-state index contributed by atoms with van der Waals surface area (Å²) in [5.74, 6) is -0.484. The van der Waals surface area contributed by atoms with E-state index in [1.807, 2.05) is 0 Å². The van der Waals surface area contributed by atoms with Gasteiger partial charge in [0.2, 0.25) is 0 Å². The number of rotatable bonds is 1. The highest BCUT2D eigenvalue weighted by molar-refractivity contribution is 5.71. The van der Waals surface area contributed by atoms with Crippen LogP contribution in [-0.4, -0.2) is 13.1 Å². The van der Waals surface area contributed by atoms with E-state index in [1.54, 1.807) is 18.2 Å². The van der Waals surface area contributed by atoms with Gasteiger partial charge in [-0.05, 0) is 0 Å². The Balaban J connectivity index is 0. The summed E-state index contributed by atoms with van der Waals surface area (Å²) in [7, 11) is 1.25. The molecular formula is C7H7N3O2.